The summed E-state index contributed by atoms with van der Waals surface area (Å²) in [6.45, 7) is 4.48. The Kier molecular flexibility index (Phi) is 5.92. The fourth-order valence-electron chi connectivity index (χ4n) is 2.47. The van der Waals surface area contributed by atoms with Gasteiger partial charge in [0.05, 0.1) is 0 Å². The molecule has 0 spiro atoms. The van der Waals surface area contributed by atoms with Gasteiger partial charge in [-0.25, -0.2) is 9.97 Å². The van der Waals surface area contributed by atoms with Gasteiger partial charge in [0.25, 0.3) is 0 Å². The van der Waals surface area contributed by atoms with Crippen molar-refractivity contribution in [3.63, 3.8) is 0 Å². The Balaban J connectivity index is 1.70. The first kappa shape index (κ1) is 15.7. The van der Waals surface area contributed by atoms with E-state index >= 15 is 0 Å². The van der Waals surface area contributed by atoms with Gasteiger partial charge in [0.15, 0.2) is 0 Å². The van der Waals surface area contributed by atoms with E-state index in [0.717, 1.165) is 38.3 Å². The van der Waals surface area contributed by atoms with E-state index in [1.165, 1.54) is 0 Å². The average molecular weight is 291 g/mol. The van der Waals surface area contributed by atoms with Gasteiger partial charge >= 0.3 is 0 Å². The van der Waals surface area contributed by atoms with Gasteiger partial charge in [-0.2, -0.15) is 0 Å². The van der Waals surface area contributed by atoms with Crippen molar-refractivity contribution in [1.29, 1.82) is 0 Å². The van der Waals surface area contributed by atoms with E-state index in [0.29, 0.717) is 18.9 Å². The number of piperidine rings is 1. The monoisotopic (exact) mass is 291 g/mol. The van der Waals surface area contributed by atoms with E-state index in [1.54, 1.807) is 12.4 Å². The highest BCUT2D eigenvalue weighted by atomic mass is 16.1. The van der Waals surface area contributed by atoms with Gasteiger partial charge in [0.2, 0.25) is 11.9 Å². The number of anilines is 1. The molecule has 0 bridgehead atoms. The van der Waals surface area contributed by atoms with Gasteiger partial charge in [-0.15, -0.1) is 0 Å². The van der Waals surface area contributed by atoms with E-state index in [2.05, 4.69) is 27.1 Å². The molecule has 0 aromatic carbocycles. The number of carbonyl (C=O) groups excluding carboxylic acids is 1. The number of rotatable bonds is 6. The molecule has 1 aliphatic heterocycles. The molecular formula is C15H25N5O. The second-order valence-electron chi connectivity index (χ2n) is 5.76. The highest BCUT2D eigenvalue weighted by Gasteiger charge is 2.21. The maximum Gasteiger partial charge on any atom is 0.225 e. The highest BCUT2D eigenvalue weighted by molar-refractivity contribution is 5.76. The van der Waals surface area contributed by atoms with Crippen molar-refractivity contribution in [3.8, 4) is 0 Å². The fraction of sp³-hybridized carbons (Fsp3) is 0.667. The third-order valence-electron chi connectivity index (χ3n) is 3.96. The normalized spacial score (nSPS) is 17.5. The maximum atomic E-state index is 11.9. The zero-order valence-electron chi connectivity index (χ0n) is 12.7. The summed E-state index contributed by atoms with van der Waals surface area (Å²) in [5.74, 6) is 1.33. The zero-order chi connectivity index (χ0) is 15.1. The molecule has 3 N–H and O–H groups in total. The van der Waals surface area contributed by atoms with Gasteiger partial charge < -0.3 is 16.0 Å². The molecule has 1 atom stereocenters. The molecule has 0 aliphatic carbocycles. The minimum atomic E-state index is 0.143. The largest absolute Gasteiger partial charge is 0.353 e. The van der Waals surface area contributed by atoms with Crippen molar-refractivity contribution < 1.29 is 4.79 Å². The molecule has 1 saturated heterocycles. The number of nitrogens with two attached hydrogens (primary N) is 1. The fourth-order valence-corrected chi connectivity index (χ4v) is 2.47. The van der Waals surface area contributed by atoms with Crippen LogP contribution in [0.3, 0.4) is 0 Å². The second-order valence-corrected chi connectivity index (χ2v) is 5.76. The van der Waals surface area contributed by atoms with E-state index in [9.17, 15) is 4.79 Å². The SMILES string of the molecule is CC(CN)CCC(=O)NC1CCN(c2ncccn2)CC1. The Bertz CT molecular complexity index is 431. The summed E-state index contributed by atoms with van der Waals surface area (Å²) < 4.78 is 0. The lowest BCUT2D eigenvalue weighted by Crippen LogP contribution is -2.45. The van der Waals surface area contributed by atoms with Crippen LogP contribution in [-0.4, -0.2) is 41.6 Å². The molecule has 2 heterocycles. The van der Waals surface area contributed by atoms with Crippen LogP contribution in [0.15, 0.2) is 18.5 Å². The predicted molar refractivity (Wildman–Crippen MR) is 82.9 cm³/mol. The summed E-state index contributed by atoms with van der Waals surface area (Å²) in [6, 6.07) is 2.09. The standard InChI is InChI=1S/C15H25N5O/c1-12(11-16)3-4-14(21)19-13-5-9-20(10-6-13)15-17-7-2-8-18-15/h2,7-8,12-13H,3-6,9-11,16H2,1H3,(H,19,21). The van der Waals surface area contributed by atoms with Crippen LogP contribution in [0.4, 0.5) is 5.95 Å². The topological polar surface area (TPSA) is 84.1 Å². The minimum Gasteiger partial charge on any atom is -0.353 e. The molecule has 1 aliphatic rings. The quantitative estimate of drug-likeness (QED) is 0.815. The zero-order valence-corrected chi connectivity index (χ0v) is 12.7. The summed E-state index contributed by atoms with van der Waals surface area (Å²) in [5.41, 5.74) is 5.56. The molecule has 2 rings (SSSR count). The van der Waals surface area contributed by atoms with Crippen LogP contribution in [0.2, 0.25) is 0 Å². The number of amides is 1. The van der Waals surface area contributed by atoms with Crippen LogP contribution < -0.4 is 16.0 Å². The summed E-state index contributed by atoms with van der Waals surface area (Å²) in [5, 5.41) is 3.12. The van der Waals surface area contributed by atoms with Gasteiger partial charge in [0, 0.05) is 37.9 Å². The lowest BCUT2D eigenvalue weighted by molar-refractivity contribution is -0.122. The van der Waals surface area contributed by atoms with Gasteiger partial charge in [-0.1, -0.05) is 6.92 Å². The minimum absolute atomic E-state index is 0.143. The van der Waals surface area contributed by atoms with E-state index in [-0.39, 0.29) is 11.9 Å². The number of hydrogen-bond donors (Lipinski definition) is 2. The molecule has 21 heavy (non-hydrogen) atoms. The smallest absolute Gasteiger partial charge is 0.225 e. The van der Waals surface area contributed by atoms with Crippen LogP contribution in [0, 0.1) is 5.92 Å². The van der Waals surface area contributed by atoms with Crippen LogP contribution >= 0.6 is 0 Å². The number of carbonyl (C=O) groups is 1. The van der Waals surface area contributed by atoms with E-state index in [1.807, 2.05) is 6.07 Å². The highest BCUT2D eigenvalue weighted by Crippen LogP contribution is 2.15. The number of hydrogen-bond acceptors (Lipinski definition) is 5. The molecular weight excluding hydrogens is 266 g/mol. The van der Waals surface area contributed by atoms with Crippen molar-refractivity contribution in [2.75, 3.05) is 24.5 Å². The molecule has 1 amide bonds. The lowest BCUT2D eigenvalue weighted by Gasteiger charge is -2.32. The van der Waals surface area contributed by atoms with Gasteiger partial charge in [-0.3, -0.25) is 4.79 Å². The molecule has 0 radical (unpaired) electrons. The van der Waals surface area contributed by atoms with Crippen molar-refractivity contribution in [2.45, 2.75) is 38.6 Å². The number of nitrogens with one attached hydrogen (secondary N) is 1. The van der Waals surface area contributed by atoms with Gasteiger partial charge in [-0.05, 0) is 37.8 Å². The Hall–Kier alpha value is -1.69. The molecule has 6 heteroatoms. The number of aromatic nitrogens is 2. The Morgan fingerprint density at radius 2 is 2.10 bits per heavy atom. The maximum absolute atomic E-state index is 11.9. The number of nitrogens with zero attached hydrogens (tertiary/aromatic N) is 3. The van der Waals surface area contributed by atoms with Crippen LogP contribution in [-0.2, 0) is 4.79 Å². The molecule has 1 unspecified atom stereocenters. The lowest BCUT2D eigenvalue weighted by atomic mass is 10.0. The first-order valence-corrected chi connectivity index (χ1v) is 7.70. The molecule has 1 fully saturated rings. The third kappa shape index (κ3) is 4.97. The van der Waals surface area contributed by atoms with Crippen molar-refractivity contribution in [1.82, 2.24) is 15.3 Å². The predicted octanol–water partition coefficient (Wildman–Crippen LogP) is 0.937. The van der Waals surface area contributed by atoms with Crippen LogP contribution in [0.5, 0.6) is 0 Å². The molecule has 0 saturated carbocycles. The molecule has 6 nitrogen and oxygen atoms in total. The second kappa shape index (κ2) is 7.93. The van der Waals surface area contributed by atoms with Crippen molar-refractivity contribution in [3.05, 3.63) is 18.5 Å². The summed E-state index contributed by atoms with van der Waals surface area (Å²) >= 11 is 0. The van der Waals surface area contributed by atoms with Gasteiger partial charge in [0.1, 0.15) is 0 Å². The summed E-state index contributed by atoms with van der Waals surface area (Å²) in [4.78, 5) is 22.6. The van der Waals surface area contributed by atoms with Crippen LogP contribution in [0.1, 0.15) is 32.6 Å². The van der Waals surface area contributed by atoms with E-state index in [4.69, 9.17) is 5.73 Å². The van der Waals surface area contributed by atoms with Crippen molar-refractivity contribution in [2.24, 2.45) is 11.7 Å². The molecule has 116 valence electrons. The Morgan fingerprint density at radius 3 is 2.71 bits per heavy atom. The van der Waals surface area contributed by atoms with Crippen LogP contribution in [0.25, 0.3) is 0 Å². The molecule has 1 aromatic rings. The Labute approximate surface area is 126 Å². The first-order chi connectivity index (χ1) is 10.2. The Morgan fingerprint density at radius 1 is 1.43 bits per heavy atom. The molecule has 1 aromatic heterocycles. The van der Waals surface area contributed by atoms with Crippen molar-refractivity contribution >= 4 is 11.9 Å². The summed E-state index contributed by atoms with van der Waals surface area (Å²) in [7, 11) is 0. The third-order valence-corrected chi connectivity index (χ3v) is 3.96. The first-order valence-electron chi connectivity index (χ1n) is 7.70. The average Bonchev–Trinajstić information content (AvgIpc) is 2.54. The van der Waals surface area contributed by atoms with E-state index < -0.39 is 0 Å². The summed E-state index contributed by atoms with van der Waals surface area (Å²) in [6.07, 6.45) is 6.83.